The van der Waals surface area contributed by atoms with Crippen LogP contribution in [0.2, 0.25) is 0 Å². The van der Waals surface area contributed by atoms with Crippen molar-refractivity contribution >= 4 is 18.0 Å². The highest BCUT2D eigenvalue weighted by Gasteiger charge is 2.26. The molecule has 2 N–H and O–H groups in total. The van der Waals surface area contributed by atoms with Gasteiger partial charge in [0, 0.05) is 6.54 Å². The number of aliphatic carboxylic acids is 1. The number of nitrogens with one attached hydrogen (secondary N) is 1. The Kier molecular flexibility index (Phi) is 8.96. The molecule has 1 amide bonds. The lowest BCUT2D eigenvalue weighted by molar-refractivity contribution is -0.158. The van der Waals surface area contributed by atoms with E-state index >= 15 is 0 Å². The fourth-order valence-electron chi connectivity index (χ4n) is 2.02. The van der Waals surface area contributed by atoms with E-state index in [1.54, 1.807) is 6.92 Å². The summed E-state index contributed by atoms with van der Waals surface area (Å²) in [7, 11) is 0. The summed E-state index contributed by atoms with van der Waals surface area (Å²) < 4.78 is 9.77. The predicted octanol–water partition coefficient (Wildman–Crippen LogP) is 2.35. The Morgan fingerprint density at radius 2 is 1.83 bits per heavy atom. The van der Waals surface area contributed by atoms with Crippen LogP contribution in [0, 0.1) is 5.92 Å². The largest absolute Gasteiger partial charge is 0.481 e. The summed E-state index contributed by atoms with van der Waals surface area (Å²) in [4.78, 5) is 34.0. The number of benzene rings is 1. The van der Waals surface area contributed by atoms with E-state index in [-0.39, 0.29) is 19.6 Å². The summed E-state index contributed by atoms with van der Waals surface area (Å²) in [5, 5.41) is 11.6. The number of alkyl carbamates (subject to hydrolysis) is 1. The van der Waals surface area contributed by atoms with E-state index in [4.69, 9.17) is 14.6 Å². The molecule has 7 nitrogen and oxygen atoms in total. The van der Waals surface area contributed by atoms with Gasteiger partial charge in [-0.05, 0) is 25.3 Å². The first-order valence-electron chi connectivity index (χ1n) is 7.88. The molecule has 0 fully saturated rings. The van der Waals surface area contributed by atoms with E-state index in [9.17, 15) is 14.4 Å². The van der Waals surface area contributed by atoms with Gasteiger partial charge in [-0.2, -0.15) is 0 Å². The summed E-state index contributed by atoms with van der Waals surface area (Å²) in [6.45, 7) is 2.32. The van der Waals surface area contributed by atoms with Crippen LogP contribution in [0.15, 0.2) is 30.3 Å². The summed E-state index contributed by atoms with van der Waals surface area (Å²) in [6.07, 6.45) is 0.673. The van der Waals surface area contributed by atoms with Crippen molar-refractivity contribution in [1.82, 2.24) is 5.32 Å². The molecule has 0 saturated heterocycles. The smallest absolute Gasteiger partial charge is 0.407 e. The van der Waals surface area contributed by atoms with Gasteiger partial charge in [-0.25, -0.2) is 4.79 Å². The van der Waals surface area contributed by atoms with Crippen LogP contribution in [-0.2, 0) is 25.7 Å². The van der Waals surface area contributed by atoms with Crippen molar-refractivity contribution in [2.45, 2.75) is 32.8 Å². The first-order valence-corrected chi connectivity index (χ1v) is 7.88. The number of unbranched alkanes of at least 4 members (excludes halogenated alkanes) is 1. The third kappa shape index (κ3) is 7.62. The zero-order valence-electron chi connectivity index (χ0n) is 13.7. The number of hydrogen-bond acceptors (Lipinski definition) is 5. The Labute approximate surface area is 141 Å². The lowest BCUT2D eigenvalue weighted by Crippen LogP contribution is -2.27. The van der Waals surface area contributed by atoms with Gasteiger partial charge in [-0.1, -0.05) is 36.8 Å². The second-order valence-electron chi connectivity index (χ2n) is 5.13. The minimum Gasteiger partial charge on any atom is -0.481 e. The lowest BCUT2D eigenvalue weighted by Gasteiger charge is -2.11. The first kappa shape index (κ1) is 19.5. The van der Waals surface area contributed by atoms with Gasteiger partial charge in [0.15, 0.2) is 5.92 Å². The molecule has 0 spiro atoms. The predicted molar refractivity (Wildman–Crippen MR) is 86.2 cm³/mol. The molecular formula is C17H23NO6. The number of ether oxygens (including phenoxy) is 2. The fourth-order valence-corrected chi connectivity index (χ4v) is 2.02. The van der Waals surface area contributed by atoms with Crippen LogP contribution in [-0.4, -0.2) is 36.3 Å². The quantitative estimate of drug-likeness (QED) is 0.386. The van der Waals surface area contributed by atoms with Crippen molar-refractivity contribution < 1.29 is 29.0 Å². The maximum Gasteiger partial charge on any atom is 0.407 e. The van der Waals surface area contributed by atoms with E-state index in [2.05, 4.69) is 5.32 Å². The van der Waals surface area contributed by atoms with Gasteiger partial charge in [0.25, 0.3) is 0 Å². The van der Waals surface area contributed by atoms with E-state index < -0.39 is 23.9 Å². The number of carboxylic acids is 1. The van der Waals surface area contributed by atoms with Crippen molar-refractivity contribution in [2.24, 2.45) is 5.92 Å². The van der Waals surface area contributed by atoms with Gasteiger partial charge in [0.05, 0.1) is 6.61 Å². The lowest BCUT2D eigenvalue weighted by atomic mass is 10.0. The second-order valence-corrected chi connectivity index (χ2v) is 5.13. The summed E-state index contributed by atoms with van der Waals surface area (Å²) in [5.74, 6) is -3.07. The third-order valence-electron chi connectivity index (χ3n) is 3.27. The molecule has 0 radical (unpaired) electrons. The molecule has 0 bridgehead atoms. The first-order chi connectivity index (χ1) is 11.5. The molecular weight excluding hydrogens is 314 g/mol. The summed E-state index contributed by atoms with van der Waals surface area (Å²) in [6, 6.07) is 9.31. The Hall–Kier alpha value is -2.57. The van der Waals surface area contributed by atoms with E-state index in [1.807, 2.05) is 30.3 Å². The number of carbonyl (C=O) groups excluding carboxylic acids is 2. The summed E-state index contributed by atoms with van der Waals surface area (Å²) in [5.41, 5.74) is 0.895. The van der Waals surface area contributed by atoms with E-state index in [1.165, 1.54) is 0 Å². The fraction of sp³-hybridized carbons (Fsp3) is 0.471. The zero-order chi connectivity index (χ0) is 17.8. The number of rotatable bonds is 10. The van der Waals surface area contributed by atoms with Gasteiger partial charge >= 0.3 is 18.0 Å². The van der Waals surface area contributed by atoms with Gasteiger partial charge in [-0.15, -0.1) is 0 Å². The average molecular weight is 337 g/mol. The molecule has 1 unspecified atom stereocenters. The molecule has 0 heterocycles. The second kappa shape index (κ2) is 11.0. The van der Waals surface area contributed by atoms with E-state index in [0.29, 0.717) is 19.4 Å². The third-order valence-corrected chi connectivity index (χ3v) is 3.27. The van der Waals surface area contributed by atoms with Gasteiger partial charge < -0.3 is 19.9 Å². The zero-order valence-corrected chi connectivity index (χ0v) is 13.7. The highest BCUT2D eigenvalue weighted by atomic mass is 16.5. The van der Waals surface area contributed by atoms with Crippen LogP contribution in [0.5, 0.6) is 0 Å². The maximum atomic E-state index is 11.5. The van der Waals surface area contributed by atoms with Gasteiger partial charge in [0.1, 0.15) is 6.61 Å². The highest BCUT2D eigenvalue weighted by Crippen LogP contribution is 2.11. The molecule has 0 aliphatic heterocycles. The Morgan fingerprint density at radius 3 is 2.46 bits per heavy atom. The molecule has 0 aliphatic carbocycles. The maximum absolute atomic E-state index is 11.5. The minimum absolute atomic E-state index is 0.150. The van der Waals surface area contributed by atoms with Crippen LogP contribution in [0.3, 0.4) is 0 Å². The highest BCUT2D eigenvalue weighted by molar-refractivity contribution is 5.93. The Balaban J connectivity index is 2.17. The Bertz CT molecular complexity index is 531. The van der Waals surface area contributed by atoms with Gasteiger partial charge in [0.2, 0.25) is 0 Å². The molecule has 7 heteroatoms. The summed E-state index contributed by atoms with van der Waals surface area (Å²) >= 11 is 0. The molecule has 132 valence electrons. The Morgan fingerprint density at radius 1 is 1.12 bits per heavy atom. The molecule has 1 atom stereocenters. The topological polar surface area (TPSA) is 102 Å². The molecule has 1 aromatic carbocycles. The normalized spacial score (nSPS) is 11.4. The monoisotopic (exact) mass is 337 g/mol. The molecule has 24 heavy (non-hydrogen) atoms. The molecule has 1 aromatic rings. The van der Waals surface area contributed by atoms with Gasteiger partial charge in [-0.3, -0.25) is 9.59 Å². The number of esters is 1. The minimum atomic E-state index is -1.19. The van der Waals surface area contributed by atoms with Crippen LogP contribution >= 0.6 is 0 Å². The number of hydrogen-bond donors (Lipinski definition) is 2. The number of amides is 1. The standard InChI is InChI=1S/C17H23NO6/c1-2-23-16(21)14(15(19)20)10-6-7-11-18-17(22)24-12-13-8-4-3-5-9-13/h3-5,8-9,14H,2,6-7,10-12H2,1H3,(H,18,22)(H,19,20). The van der Waals surface area contributed by atoms with Crippen molar-refractivity contribution in [3.05, 3.63) is 35.9 Å². The molecule has 0 aromatic heterocycles. The van der Waals surface area contributed by atoms with E-state index in [0.717, 1.165) is 5.56 Å². The van der Waals surface area contributed by atoms with Crippen LogP contribution in [0.25, 0.3) is 0 Å². The van der Waals surface area contributed by atoms with Crippen molar-refractivity contribution in [3.8, 4) is 0 Å². The molecule has 0 saturated carbocycles. The molecule has 1 rings (SSSR count). The number of carbonyl (C=O) groups is 3. The number of carboxylic acid groups (broad SMARTS) is 1. The van der Waals surface area contributed by atoms with Crippen molar-refractivity contribution in [2.75, 3.05) is 13.2 Å². The average Bonchev–Trinajstić information content (AvgIpc) is 2.57. The van der Waals surface area contributed by atoms with Crippen LogP contribution < -0.4 is 5.32 Å². The SMILES string of the molecule is CCOC(=O)C(CCCCNC(=O)OCc1ccccc1)C(=O)O. The van der Waals surface area contributed by atoms with Crippen molar-refractivity contribution in [3.63, 3.8) is 0 Å². The molecule has 0 aliphatic rings. The van der Waals surface area contributed by atoms with Crippen LogP contribution in [0.4, 0.5) is 4.79 Å². The van der Waals surface area contributed by atoms with Crippen molar-refractivity contribution in [1.29, 1.82) is 0 Å². The van der Waals surface area contributed by atoms with Crippen LogP contribution in [0.1, 0.15) is 31.7 Å².